The molecule has 3 heterocycles. The molecule has 1 saturated heterocycles. The van der Waals surface area contributed by atoms with Crippen molar-refractivity contribution in [3.05, 3.63) is 73.7 Å². The number of piperazine rings is 1. The molecule has 0 radical (unpaired) electrons. The molecule has 4 rings (SSSR count). The van der Waals surface area contributed by atoms with Gasteiger partial charge in [-0.1, -0.05) is 29.3 Å². The maximum absolute atomic E-state index is 13.4. The van der Waals surface area contributed by atoms with E-state index in [1.165, 1.54) is 29.4 Å². The van der Waals surface area contributed by atoms with E-state index in [1.807, 2.05) is 11.9 Å². The van der Waals surface area contributed by atoms with Crippen molar-refractivity contribution in [1.82, 2.24) is 23.7 Å². The van der Waals surface area contributed by atoms with Gasteiger partial charge in [-0.25, -0.2) is 18.2 Å². The predicted octanol–water partition coefficient (Wildman–Crippen LogP) is 2.69. The van der Waals surface area contributed by atoms with E-state index in [-0.39, 0.29) is 46.5 Å². The molecule has 0 atom stereocenters. The highest BCUT2D eigenvalue weighted by atomic mass is 35.5. The summed E-state index contributed by atoms with van der Waals surface area (Å²) in [4.78, 5) is 35.9. The lowest BCUT2D eigenvalue weighted by molar-refractivity contribution is -0.202. The van der Waals surface area contributed by atoms with Crippen LogP contribution in [0.25, 0.3) is 5.82 Å². The van der Waals surface area contributed by atoms with Crippen LogP contribution in [0, 0.1) is 6.92 Å². The van der Waals surface area contributed by atoms with Gasteiger partial charge in [-0.15, -0.1) is 4.85 Å². The Morgan fingerprint density at radius 3 is 2.33 bits per heavy atom. The number of alkyl halides is 3. The second-order valence-corrected chi connectivity index (χ2v) is 11.6. The van der Waals surface area contributed by atoms with Gasteiger partial charge in [0.05, 0.1) is 5.69 Å². The third-order valence-corrected chi connectivity index (χ3v) is 8.65. The average molecular weight is 608 g/mol. The van der Waals surface area contributed by atoms with Crippen molar-refractivity contribution in [3.8, 4) is 5.82 Å². The number of carbonyl (C=O) groups excluding carboxylic acids is 1. The molecule has 0 N–H and O–H groups in total. The van der Waals surface area contributed by atoms with Crippen molar-refractivity contribution in [2.24, 2.45) is 0 Å². The lowest BCUT2D eigenvalue weighted by Gasteiger charge is -2.31. The molecule has 1 fully saturated rings. The van der Waals surface area contributed by atoms with Gasteiger partial charge in [0, 0.05) is 54.4 Å². The molecule has 39 heavy (non-hydrogen) atoms. The van der Waals surface area contributed by atoms with Crippen molar-refractivity contribution in [2.75, 3.05) is 33.2 Å². The first-order chi connectivity index (χ1) is 18.2. The Bertz CT molecular complexity index is 1560. The van der Waals surface area contributed by atoms with Crippen LogP contribution in [0.4, 0.5) is 13.2 Å². The van der Waals surface area contributed by atoms with Gasteiger partial charge in [-0.3, -0.25) is 4.79 Å². The molecular weight excluding hydrogens is 586 g/mol. The molecule has 0 unspecified atom stereocenters. The first kappa shape index (κ1) is 29.1. The smallest absolute Gasteiger partial charge is 0.311 e. The Morgan fingerprint density at radius 1 is 1.10 bits per heavy atom. The van der Waals surface area contributed by atoms with Crippen LogP contribution in [0.1, 0.15) is 16.8 Å². The number of aromatic nitrogens is 3. The summed E-state index contributed by atoms with van der Waals surface area (Å²) in [5.74, 6) is -2.84. The fourth-order valence-corrected chi connectivity index (χ4v) is 5.80. The summed E-state index contributed by atoms with van der Waals surface area (Å²) in [6, 6.07) is 6.83. The first-order valence-corrected chi connectivity index (χ1v) is 13.6. The van der Waals surface area contributed by atoms with Crippen molar-refractivity contribution in [2.45, 2.75) is 24.4 Å². The average Bonchev–Trinajstić information content (AvgIpc) is 3.09. The zero-order valence-electron chi connectivity index (χ0n) is 20.6. The van der Waals surface area contributed by atoms with Crippen molar-refractivity contribution in [1.29, 1.82) is 0 Å². The van der Waals surface area contributed by atoms with Gasteiger partial charge in [-0.2, -0.15) is 22.2 Å². The number of likely N-dealkylation sites (N-methyl/N-ethyl adjacent to an activating group) is 1. The molecule has 2 aromatic heterocycles. The minimum atomic E-state index is -5.36. The number of halogens is 5. The highest BCUT2D eigenvalue weighted by Crippen LogP contribution is 2.25. The van der Waals surface area contributed by atoms with Gasteiger partial charge in [0.1, 0.15) is 4.90 Å². The molecule has 1 aromatic carbocycles. The Labute approximate surface area is 231 Å². The second kappa shape index (κ2) is 10.9. The Balaban J connectivity index is 1.77. The Hall–Kier alpha value is -2.91. The van der Waals surface area contributed by atoms with Crippen LogP contribution in [0.3, 0.4) is 0 Å². The third-order valence-electron chi connectivity index (χ3n) is 6.18. The summed E-state index contributed by atoms with van der Waals surface area (Å²) in [6.45, 7) is 2.90. The number of nitrogens with zero attached hydrogens (tertiary/aromatic N) is 5. The standard InChI is InChI=1S/C23H22Cl2F3N5O5S/c1-14-18(11-15-3-4-16(24)12-19(15)25)21(34)32(33(14)38-22(35)23(26,27)28)20-6-5-17(13-29-20)39(36,37)31-9-7-30(2)8-10-31/h3-6,12-13H,7-11H2,1-2H3. The lowest BCUT2D eigenvalue weighted by atomic mass is 10.1. The quantitative estimate of drug-likeness (QED) is 0.424. The molecule has 0 amide bonds. The van der Waals surface area contributed by atoms with Crippen LogP contribution in [0.5, 0.6) is 0 Å². The summed E-state index contributed by atoms with van der Waals surface area (Å²) >= 11 is 12.1. The van der Waals surface area contributed by atoms with E-state index >= 15 is 0 Å². The van der Waals surface area contributed by atoms with Crippen molar-refractivity contribution in [3.63, 3.8) is 0 Å². The SMILES string of the molecule is Cc1c(Cc2ccc(Cl)cc2Cl)c(=O)n(-c2ccc(S(=O)(=O)N3CCN(C)CC3)cn2)n1OC(=O)C(F)(F)F. The molecular formula is C23H22Cl2F3N5O5S. The summed E-state index contributed by atoms with van der Waals surface area (Å²) in [6.07, 6.45) is -4.50. The molecule has 0 saturated carbocycles. The second-order valence-electron chi connectivity index (χ2n) is 8.80. The van der Waals surface area contributed by atoms with E-state index in [0.717, 1.165) is 12.3 Å². The molecule has 0 aliphatic carbocycles. The topological polar surface area (TPSA) is 107 Å². The van der Waals surface area contributed by atoms with Gasteiger partial charge in [-0.05, 0) is 43.8 Å². The molecule has 0 spiro atoms. The zero-order chi connectivity index (χ0) is 28.7. The highest BCUT2D eigenvalue weighted by Gasteiger charge is 2.43. The zero-order valence-corrected chi connectivity index (χ0v) is 22.9. The molecule has 1 aliphatic rings. The Kier molecular flexibility index (Phi) is 8.15. The van der Waals surface area contributed by atoms with Crippen molar-refractivity contribution < 1.29 is 31.2 Å². The summed E-state index contributed by atoms with van der Waals surface area (Å²) in [5, 5.41) is 0.551. The summed E-state index contributed by atoms with van der Waals surface area (Å²) < 4.78 is 67.1. The fraction of sp³-hybridized carbons (Fsp3) is 0.348. The Morgan fingerprint density at radius 2 is 1.77 bits per heavy atom. The number of benzene rings is 1. The highest BCUT2D eigenvalue weighted by molar-refractivity contribution is 7.89. The van der Waals surface area contributed by atoms with Crippen molar-refractivity contribution >= 4 is 39.2 Å². The maximum atomic E-state index is 13.4. The van der Waals surface area contributed by atoms with Crippen LogP contribution in [0.2, 0.25) is 10.0 Å². The predicted molar refractivity (Wildman–Crippen MR) is 136 cm³/mol. The number of carbonyl (C=O) groups is 1. The minimum Gasteiger partial charge on any atom is -0.311 e. The first-order valence-electron chi connectivity index (χ1n) is 11.4. The maximum Gasteiger partial charge on any atom is 0.493 e. The molecule has 16 heteroatoms. The van der Waals surface area contributed by atoms with Crippen LogP contribution in [0.15, 0.2) is 46.2 Å². The van der Waals surface area contributed by atoms with Crippen LogP contribution < -0.4 is 10.4 Å². The molecule has 0 bridgehead atoms. The van der Waals surface area contributed by atoms with E-state index in [2.05, 4.69) is 9.82 Å². The number of rotatable bonds is 6. The number of hydrogen-bond acceptors (Lipinski definition) is 7. The van der Waals surface area contributed by atoms with Gasteiger partial charge in [0.15, 0.2) is 5.82 Å². The molecule has 210 valence electrons. The van der Waals surface area contributed by atoms with E-state index in [9.17, 15) is 31.2 Å². The summed E-state index contributed by atoms with van der Waals surface area (Å²) in [7, 11) is -2.03. The van der Waals surface area contributed by atoms with E-state index in [0.29, 0.717) is 33.2 Å². The minimum absolute atomic E-state index is 0.0369. The van der Waals surface area contributed by atoms with Crippen LogP contribution >= 0.6 is 23.2 Å². The monoisotopic (exact) mass is 607 g/mol. The summed E-state index contributed by atoms with van der Waals surface area (Å²) in [5.41, 5.74) is -0.574. The fourth-order valence-electron chi connectivity index (χ4n) is 3.95. The number of sulfonamides is 1. The van der Waals surface area contributed by atoms with Gasteiger partial charge < -0.3 is 9.74 Å². The van der Waals surface area contributed by atoms with E-state index in [1.54, 1.807) is 6.07 Å². The van der Waals surface area contributed by atoms with E-state index < -0.39 is 27.7 Å². The molecule has 1 aliphatic heterocycles. The molecule has 3 aromatic rings. The number of hydrogen-bond donors (Lipinski definition) is 0. The van der Waals surface area contributed by atoms with Gasteiger partial charge in [0.2, 0.25) is 10.0 Å². The lowest BCUT2D eigenvalue weighted by Crippen LogP contribution is -2.47. The normalized spacial score (nSPS) is 15.5. The largest absolute Gasteiger partial charge is 0.493 e. The van der Waals surface area contributed by atoms with E-state index in [4.69, 9.17) is 23.2 Å². The van der Waals surface area contributed by atoms with Gasteiger partial charge in [0.25, 0.3) is 5.56 Å². The van der Waals surface area contributed by atoms with Crippen LogP contribution in [-0.4, -0.2) is 77.5 Å². The van der Waals surface area contributed by atoms with Gasteiger partial charge >= 0.3 is 12.1 Å². The third kappa shape index (κ3) is 5.99. The van der Waals surface area contributed by atoms with Crippen LogP contribution in [-0.2, 0) is 21.2 Å². The molecule has 10 nitrogen and oxygen atoms in total. The number of pyridine rings is 1.